The normalized spacial score (nSPS) is 10.6. The van der Waals surface area contributed by atoms with Crippen LogP contribution in [0.15, 0.2) is 21.9 Å². The van der Waals surface area contributed by atoms with Crippen LogP contribution in [-0.4, -0.2) is 23.7 Å². The molecule has 0 radical (unpaired) electrons. The Morgan fingerprint density at radius 3 is 2.94 bits per heavy atom. The molecule has 2 rings (SSSR count). The standard InChI is InChI=1S/C12H13ClN2O2S/c1-8-3-4-9(17-8)6-15(2)12-14-10(7-18-12)11(16)5-13/h3-4,7H,5-6H2,1-2H3. The molecule has 0 saturated carbocycles. The van der Waals surface area contributed by atoms with E-state index in [1.54, 1.807) is 5.38 Å². The molecule has 0 atom stereocenters. The Hall–Kier alpha value is -1.33. The molecule has 0 aromatic carbocycles. The summed E-state index contributed by atoms with van der Waals surface area (Å²) >= 11 is 6.92. The second kappa shape index (κ2) is 5.54. The molecule has 4 nitrogen and oxygen atoms in total. The molecule has 0 N–H and O–H groups in total. The molecular weight excluding hydrogens is 272 g/mol. The molecule has 18 heavy (non-hydrogen) atoms. The molecule has 0 unspecified atom stereocenters. The topological polar surface area (TPSA) is 46.3 Å². The highest BCUT2D eigenvalue weighted by Crippen LogP contribution is 2.22. The van der Waals surface area contributed by atoms with Gasteiger partial charge >= 0.3 is 0 Å². The van der Waals surface area contributed by atoms with Gasteiger partial charge in [-0.05, 0) is 19.1 Å². The fourth-order valence-electron chi connectivity index (χ4n) is 1.51. The number of alkyl halides is 1. The fourth-order valence-corrected chi connectivity index (χ4v) is 2.44. The molecule has 2 heterocycles. The van der Waals surface area contributed by atoms with Crippen molar-refractivity contribution in [2.75, 3.05) is 17.8 Å². The molecule has 0 fully saturated rings. The SMILES string of the molecule is Cc1ccc(CN(C)c2nc(C(=O)CCl)cs2)o1. The molecule has 96 valence electrons. The second-order valence-corrected chi connectivity index (χ2v) is 5.04. The van der Waals surface area contributed by atoms with E-state index in [-0.39, 0.29) is 11.7 Å². The van der Waals surface area contributed by atoms with Gasteiger partial charge in [-0.25, -0.2) is 4.98 Å². The fraction of sp³-hybridized carbons (Fsp3) is 0.333. The zero-order valence-electron chi connectivity index (χ0n) is 10.1. The van der Waals surface area contributed by atoms with E-state index in [0.717, 1.165) is 16.7 Å². The Labute approximate surface area is 114 Å². The Bertz CT molecular complexity index is 550. The van der Waals surface area contributed by atoms with E-state index in [9.17, 15) is 4.79 Å². The largest absolute Gasteiger partial charge is 0.464 e. The van der Waals surface area contributed by atoms with Gasteiger partial charge in [0.15, 0.2) is 10.9 Å². The van der Waals surface area contributed by atoms with E-state index in [1.165, 1.54) is 11.3 Å². The minimum atomic E-state index is -0.151. The number of halogens is 1. The van der Waals surface area contributed by atoms with E-state index >= 15 is 0 Å². The molecule has 0 spiro atoms. The van der Waals surface area contributed by atoms with E-state index in [0.29, 0.717) is 12.2 Å². The van der Waals surface area contributed by atoms with Crippen LogP contribution in [-0.2, 0) is 6.54 Å². The third kappa shape index (κ3) is 2.91. The summed E-state index contributed by atoms with van der Waals surface area (Å²) < 4.78 is 5.50. The van der Waals surface area contributed by atoms with Crippen molar-refractivity contribution in [3.05, 3.63) is 34.7 Å². The average molecular weight is 285 g/mol. The first-order valence-corrected chi connectivity index (χ1v) is 6.82. The molecule has 0 aliphatic carbocycles. The van der Waals surface area contributed by atoms with Crippen LogP contribution in [0.3, 0.4) is 0 Å². The summed E-state index contributed by atoms with van der Waals surface area (Å²) in [5.74, 6) is 1.57. The number of anilines is 1. The summed E-state index contributed by atoms with van der Waals surface area (Å²) in [4.78, 5) is 17.6. The number of ketones is 1. The van der Waals surface area contributed by atoms with E-state index < -0.39 is 0 Å². The maximum atomic E-state index is 11.4. The van der Waals surface area contributed by atoms with Crippen LogP contribution in [0.4, 0.5) is 5.13 Å². The highest BCUT2D eigenvalue weighted by Gasteiger charge is 2.13. The molecular formula is C12H13ClN2O2S. The lowest BCUT2D eigenvalue weighted by Crippen LogP contribution is -2.16. The van der Waals surface area contributed by atoms with Crippen molar-refractivity contribution < 1.29 is 9.21 Å². The Morgan fingerprint density at radius 1 is 1.56 bits per heavy atom. The summed E-state index contributed by atoms with van der Waals surface area (Å²) in [5, 5.41) is 2.50. The van der Waals surface area contributed by atoms with Gasteiger partial charge in [0, 0.05) is 12.4 Å². The number of carbonyl (C=O) groups is 1. The number of Topliss-reactive ketones (excluding diaryl/α,β-unsaturated/α-hetero) is 1. The predicted molar refractivity (Wildman–Crippen MR) is 72.7 cm³/mol. The van der Waals surface area contributed by atoms with Crippen molar-refractivity contribution in [1.29, 1.82) is 0 Å². The van der Waals surface area contributed by atoms with Crippen LogP contribution >= 0.6 is 22.9 Å². The first-order valence-electron chi connectivity index (χ1n) is 5.41. The number of rotatable bonds is 5. The molecule has 0 bridgehead atoms. The van der Waals surface area contributed by atoms with Crippen molar-refractivity contribution in [1.82, 2.24) is 4.98 Å². The molecule has 0 aliphatic heterocycles. The molecule has 2 aromatic heterocycles. The highest BCUT2D eigenvalue weighted by atomic mass is 35.5. The highest BCUT2D eigenvalue weighted by molar-refractivity contribution is 7.13. The number of thiazole rings is 1. The van der Waals surface area contributed by atoms with Crippen LogP contribution in [0.1, 0.15) is 22.0 Å². The van der Waals surface area contributed by atoms with Gasteiger partial charge in [0.1, 0.15) is 17.2 Å². The van der Waals surface area contributed by atoms with Gasteiger partial charge in [-0.1, -0.05) is 0 Å². The first-order chi connectivity index (χ1) is 8.60. The third-order valence-electron chi connectivity index (χ3n) is 2.41. The Morgan fingerprint density at radius 2 is 2.33 bits per heavy atom. The van der Waals surface area contributed by atoms with Crippen molar-refractivity contribution in [3.8, 4) is 0 Å². The quantitative estimate of drug-likeness (QED) is 0.625. The lowest BCUT2D eigenvalue weighted by atomic mass is 10.3. The van der Waals surface area contributed by atoms with Crippen LogP contribution in [0.2, 0.25) is 0 Å². The number of furan rings is 1. The lowest BCUT2D eigenvalue weighted by Gasteiger charge is -2.13. The number of aryl methyl sites for hydroxylation is 1. The number of carbonyl (C=O) groups excluding carboxylic acids is 1. The number of nitrogens with zero attached hydrogens (tertiary/aromatic N) is 2. The van der Waals surface area contributed by atoms with Gasteiger partial charge in [-0.15, -0.1) is 22.9 Å². The van der Waals surface area contributed by atoms with Gasteiger partial charge in [0.25, 0.3) is 0 Å². The lowest BCUT2D eigenvalue weighted by molar-refractivity contribution is 0.101. The third-order valence-corrected chi connectivity index (χ3v) is 3.61. The number of hydrogen-bond donors (Lipinski definition) is 0. The summed E-state index contributed by atoms with van der Waals surface area (Å²) in [6, 6.07) is 3.86. The Kier molecular flexibility index (Phi) is 4.04. The summed E-state index contributed by atoms with van der Waals surface area (Å²) in [6.07, 6.45) is 0. The second-order valence-electron chi connectivity index (χ2n) is 3.94. The maximum Gasteiger partial charge on any atom is 0.196 e. The van der Waals surface area contributed by atoms with Crippen molar-refractivity contribution in [2.24, 2.45) is 0 Å². The molecule has 0 saturated heterocycles. The van der Waals surface area contributed by atoms with Crippen LogP contribution in [0, 0.1) is 6.92 Å². The molecule has 2 aromatic rings. The van der Waals surface area contributed by atoms with Crippen molar-refractivity contribution in [2.45, 2.75) is 13.5 Å². The zero-order valence-corrected chi connectivity index (χ0v) is 11.7. The van der Waals surface area contributed by atoms with Gasteiger partial charge in [-0.3, -0.25) is 4.79 Å². The summed E-state index contributed by atoms with van der Waals surface area (Å²) in [6.45, 7) is 2.53. The summed E-state index contributed by atoms with van der Waals surface area (Å²) in [5.41, 5.74) is 0.424. The van der Waals surface area contributed by atoms with Gasteiger partial charge in [0.2, 0.25) is 0 Å². The average Bonchev–Trinajstić information content (AvgIpc) is 2.97. The van der Waals surface area contributed by atoms with Crippen molar-refractivity contribution in [3.63, 3.8) is 0 Å². The van der Waals surface area contributed by atoms with Gasteiger partial charge < -0.3 is 9.32 Å². The predicted octanol–water partition coefficient (Wildman–Crippen LogP) is 3.10. The minimum absolute atomic E-state index is 0.0374. The molecule has 0 amide bonds. The van der Waals surface area contributed by atoms with E-state index in [2.05, 4.69) is 4.98 Å². The van der Waals surface area contributed by atoms with Crippen LogP contribution < -0.4 is 4.90 Å². The monoisotopic (exact) mass is 284 g/mol. The summed E-state index contributed by atoms with van der Waals surface area (Å²) in [7, 11) is 1.91. The van der Waals surface area contributed by atoms with Crippen LogP contribution in [0.5, 0.6) is 0 Å². The zero-order chi connectivity index (χ0) is 13.1. The van der Waals surface area contributed by atoms with E-state index in [1.807, 2.05) is 31.0 Å². The van der Waals surface area contributed by atoms with E-state index in [4.69, 9.17) is 16.0 Å². The minimum Gasteiger partial charge on any atom is -0.464 e. The number of aromatic nitrogens is 1. The Balaban J connectivity index is 2.07. The smallest absolute Gasteiger partial charge is 0.196 e. The van der Waals surface area contributed by atoms with Gasteiger partial charge in [0.05, 0.1) is 12.4 Å². The van der Waals surface area contributed by atoms with Gasteiger partial charge in [-0.2, -0.15) is 0 Å². The maximum absolute atomic E-state index is 11.4. The van der Waals surface area contributed by atoms with Crippen LogP contribution in [0.25, 0.3) is 0 Å². The van der Waals surface area contributed by atoms with Crippen molar-refractivity contribution >= 4 is 33.9 Å². The molecule has 6 heteroatoms. The first kappa shape index (κ1) is 13.1. The number of hydrogen-bond acceptors (Lipinski definition) is 5. The molecule has 0 aliphatic rings.